The number of hydrogen-bond donors (Lipinski definition) is 1. The third kappa shape index (κ3) is 4.17. The molecular formula is C14H12Cl2FNO2S. The van der Waals surface area contributed by atoms with Crippen molar-refractivity contribution >= 4 is 40.4 Å². The van der Waals surface area contributed by atoms with Gasteiger partial charge in [0.1, 0.15) is 11.9 Å². The molecule has 0 saturated heterocycles. The van der Waals surface area contributed by atoms with E-state index in [1.807, 2.05) is 6.07 Å². The van der Waals surface area contributed by atoms with Crippen LogP contribution in [0.4, 0.5) is 4.39 Å². The zero-order chi connectivity index (χ0) is 15.4. The molecule has 112 valence electrons. The van der Waals surface area contributed by atoms with E-state index in [0.717, 1.165) is 10.9 Å². The van der Waals surface area contributed by atoms with Crippen LogP contribution in [0, 0.1) is 5.82 Å². The van der Waals surface area contributed by atoms with Crippen LogP contribution in [0.1, 0.15) is 21.3 Å². The smallest absolute Gasteiger partial charge is 0.252 e. The molecule has 2 rings (SSSR count). The summed E-state index contributed by atoms with van der Waals surface area (Å²) in [5.41, 5.74) is 0.220. The van der Waals surface area contributed by atoms with Gasteiger partial charge in [-0.1, -0.05) is 23.2 Å². The van der Waals surface area contributed by atoms with E-state index in [9.17, 15) is 9.18 Å². The van der Waals surface area contributed by atoms with Gasteiger partial charge in [-0.15, -0.1) is 11.3 Å². The maximum atomic E-state index is 13.0. The fourth-order valence-corrected chi connectivity index (χ4v) is 3.15. The molecule has 3 nitrogen and oxygen atoms in total. The zero-order valence-corrected chi connectivity index (χ0v) is 13.4. The summed E-state index contributed by atoms with van der Waals surface area (Å²) in [6, 6.07) is 7.25. The first kappa shape index (κ1) is 16.2. The lowest BCUT2D eigenvalue weighted by atomic mass is 10.2. The van der Waals surface area contributed by atoms with Gasteiger partial charge in [0, 0.05) is 18.5 Å². The van der Waals surface area contributed by atoms with E-state index in [-0.39, 0.29) is 29.1 Å². The first-order valence-electron chi connectivity index (χ1n) is 6.02. The molecule has 0 aliphatic carbocycles. The Labute approximate surface area is 135 Å². The largest absolute Gasteiger partial charge is 0.374 e. The zero-order valence-electron chi connectivity index (χ0n) is 11.0. The monoisotopic (exact) mass is 347 g/mol. The van der Waals surface area contributed by atoms with Gasteiger partial charge in [0.2, 0.25) is 0 Å². The van der Waals surface area contributed by atoms with Crippen molar-refractivity contribution in [1.82, 2.24) is 5.32 Å². The van der Waals surface area contributed by atoms with Gasteiger partial charge in [-0.25, -0.2) is 4.39 Å². The summed E-state index contributed by atoms with van der Waals surface area (Å²) in [7, 11) is 1.55. The summed E-state index contributed by atoms with van der Waals surface area (Å²) in [4.78, 5) is 12.9. The Balaban J connectivity index is 2.02. The van der Waals surface area contributed by atoms with Gasteiger partial charge < -0.3 is 10.1 Å². The molecule has 7 heteroatoms. The Bertz CT molecular complexity index is 648. The van der Waals surface area contributed by atoms with E-state index in [1.54, 1.807) is 13.2 Å². The first-order valence-corrected chi connectivity index (χ1v) is 7.59. The van der Waals surface area contributed by atoms with Crippen LogP contribution in [0.25, 0.3) is 0 Å². The Hall–Kier alpha value is -1.14. The minimum Gasteiger partial charge on any atom is -0.374 e. The summed E-state index contributed by atoms with van der Waals surface area (Å²) < 4.78 is 18.9. The van der Waals surface area contributed by atoms with Crippen molar-refractivity contribution in [2.45, 2.75) is 6.10 Å². The molecule has 0 aliphatic rings. The van der Waals surface area contributed by atoms with E-state index >= 15 is 0 Å². The van der Waals surface area contributed by atoms with Gasteiger partial charge in [-0.05, 0) is 30.3 Å². The van der Waals surface area contributed by atoms with Gasteiger partial charge in [0.15, 0.2) is 0 Å². The summed E-state index contributed by atoms with van der Waals surface area (Å²) >= 11 is 13.1. The average Bonchev–Trinajstić information content (AvgIpc) is 2.86. The SMILES string of the molecule is COC(CNC(=O)c1ccc(F)cc1Cl)c1ccc(Cl)s1. The highest BCUT2D eigenvalue weighted by Crippen LogP contribution is 2.28. The van der Waals surface area contributed by atoms with Crippen LogP contribution in [0.5, 0.6) is 0 Å². The van der Waals surface area contributed by atoms with Gasteiger partial charge in [-0.2, -0.15) is 0 Å². The molecule has 21 heavy (non-hydrogen) atoms. The number of methoxy groups -OCH3 is 1. The van der Waals surface area contributed by atoms with Crippen LogP contribution in [0.15, 0.2) is 30.3 Å². The lowest BCUT2D eigenvalue weighted by molar-refractivity contribution is 0.0838. The molecule has 0 radical (unpaired) electrons. The van der Waals surface area contributed by atoms with E-state index in [1.165, 1.54) is 23.5 Å². The highest BCUT2D eigenvalue weighted by Gasteiger charge is 2.16. The molecule has 0 spiro atoms. The number of ether oxygens (including phenoxy) is 1. The molecule has 0 fully saturated rings. The number of thiophene rings is 1. The van der Waals surface area contributed by atoms with Gasteiger partial charge in [0.25, 0.3) is 5.91 Å². The molecule has 1 heterocycles. The third-order valence-electron chi connectivity index (χ3n) is 2.82. The van der Waals surface area contributed by atoms with Crippen molar-refractivity contribution in [2.75, 3.05) is 13.7 Å². The number of hydrogen-bond acceptors (Lipinski definition) is 3. The van der Waals surface area contributed by atoms with E-state index < -0.39 is 5.82 Å². The molecule has 2 aromatic rings. The Kier molecular flexibility index (Phi) is 5.58. The number of carbonyl (C=O) groups excluding carboxylic acids is 1. The predicted molar refractivity (Wildman–Crippen MR) is 82.8 cm³/mol. The molecule has 0 aliphatic heterocycles. The van der Waals surface area contributed by atoms with Crippen LogP contribution in [0.2, 0.25) is 9.36 Å². The number of amides is 1. The molecule has 0 saturated carbocycles. The van der Waals surface area contributed by atoms with E-state index in [2.05, 4.69) is 5.32 Å². The Morgan fingerprint density at radius 2 is 2.14 bits per heavy atom. The predicted octanol–water partition coefficient (Wildman–Crippen LogP) is 4.31. The number of carbonyl (C=O) groups is 1. The molecule has 1 atom stereocenters. The number of nitrogens with one attached hydrogen (secondary N) is 1. The van der Waals surface area contributed by atoms with Crippen molar-refractivity contribution in [1.29, 1.82) is 0 Å². The summed E-state index contributed by atoms with van der Waals surface area (Å²) in [5.74, 6) is -0.871. The highest BCUT2D eigenvalue weighted by atomic mass is 35.5. The second-order valence-electron chi connectivity index (χ2n) is 4.20. The number of benzene rings is 1. The average molecular weight is 348 g/mol. The molecule has 1 N–H and O–H groups in total. The fourth-order valence-electron chi connectivity index (χ4n) is 1.76. The quantitative estimate of drug-likeness (QED) is 0.874. The van der Waals surface area contributed by atoms with Crippen molar-refractivity contribution in [3.05, 3.63) is 55.9 Å². The van der Waals surface area contributed by atoms with Crippen LogP contribution >= 0.6 is 34.5 Å². The van der Waals surface area contributed by atoms with E-state index in [0.29, 0.717) is 4.34 Å². The minimum absolute atomic E-state index is 0.0700. The molecular weight excluding hydrogens is 336 g/mol. The van der Waals surface area contributed by atoms with Gasteiger partial charge in [0.05, 0.1) is 14.9 Å². The summed E-state index contributed by atoms with van der Waals surface area (Å²) in [5, 5.41) is 2.78. The summed E-state index contributed by atoms with van der Waals surface area (Å²) in [6.07, 6.45) is -0.300. The van der Waals surface area contributed by atoms with Crippen LogP contribution < -0.4 is 5.32 Å². The van der Waals surface area contributed by atoms with Crippen LogP contribution in [-0.4, -0.2) is 19.6 Å². The molecule has 1 amide bonds. The third-order valence-corrected chi connectivity index (χ3v) is 4.46. The molecule has 1 aromatic heterocycles. The molecule has 1 unspecified atom stereocenters. The molecule has 1 aromatic carbocycles. The second kappa shape index (κ2) is 7.22. The fraction of sp³-hybridized carbons (Fsp3) is 0.214. The topological polar surface area (TPSA) is 38.3 Å². The lowest BCUT2D eigenvalue weighted by Gasteiger charge is -2.15. The van der Waals surface area contributed by atoms with Gasteiger partial charge >= 0.3 is 0 Å². The summed E-state index contributed by atoms with van der Waals surface area (Å²) in [6.45, 7) is 0.264. The van der Waals surface area contributed by atoms with Crippen molar-refractivity contribution in [3.8, 4) is 0 Å². The van der Waals surface area contributed by atoms with E-state index in [4.69, 9.17) is 27.9 Å². The van der Waals surface area contributed by atoms with Crippen LogP contribution in [-0.2, 0) is 4.74 Å². The molecule has 0 bridgehead atoms. The van der Waals surface area contributed by atoms with Crippen molar-refractivity contribution in [2.24, 2.45) is 0 Å². The number of halogens is 3. The normalized spacial score (nSPS) is 12.2. The maximum Gasteiger partial charge on any atom is 0.252 e. The first-order chi connectivity index (χ1) is 10.0. The second-order valence-corrected chi connectivity index (χ2v) is 6.35. The lowest BCUT2D eigenvalue weighted by Crippen LogP contribution is -2.29. The highest BCUT2D eigenvalue weighted by molar-refractivity contribution is 7.16. The Morgan fingerprint density at radius 3 is 2.71 bits per heavy atom. The number of rotatable bonds is 5. The van der Waals surface area contributed by atoms with Crippen LogP contribution in [0.3, 0.4) is 0 Å². The Morgan fingerprint density at radius 1 is 1.38 bits per heavy atom. The van der Waals surface area contributed by atoms with Crippen molar-refractivity contribution < 1.29 is 13.9 Å². The minimum atomic E-state index is -0.487. The van der Waals surface area contributed by atoms with Gasteiger partial charge in [-0.3, -0.25) is 4.79 Å². The maximum absolute atomic E-state index is 13.0. The standard InChI is InChI=1S/C14H12Cl2FNO2S/c1-20-11(12-4-5-13(16)21-12)7-18-14(19)9-3-2-8(17)6-10(9)15/h2-6,11H,7H2,1H3,(H,18,19). The van der Waals surface area contributed by atoms with Crippen molar-refractivity contribution in [3.63, 3.8) is 0 Å².